The predicted octanol–water partition coefficient (Wildman–Crippen LogP) is 1.96. The zero-order valence-corrected chi connectivity index (χ0v) is 11.5. The van der Waals surface area contributed by atoms with Gasteiger partial charge in [-0.25, -0.2) is 5.10 Å². The molecule has 2 aromatic rings. The molecule has 0 saturated carbocycles. The van der Waals surface area contributed by atoms with Crippen molar-refractivity contribution in [3.63, 3.8) is 0 Å². The van der Waals surface area contributed by atoms with Crippen LogP contribution in [0, 0.1) is 4.77 Å². The molecule has 20 heavy (non-hydrogen) atoms. The van der Waals surface area contributed by atoms with Crippen LogP contribution in [0.4, 0.5) is 0 Å². The number of unbranched alkanes of at least 4 members (excludes halogenated alkanes) is 1. The lowest BCUT2D eigenvalue weighted by atomic mass is 10.2. The summed E-state index contributed by atoms with van der Waals surface area (Å²) in [5.41, 5.74) is 0.793. The summed E-state index contributed by atoms with van der Waals surface area (Å²) in [5.74, 6) is -0.0576. The second kappa shape index (κ2) is 6.80. The van der Waals surface area contributed by atoms with Gasteiger partial charge < -0.3 is 9.84 Å². The molecule has 1 aromatic carbocycles. The highest BCUT2D eigenvalue weighted by Gasteiger charge is 2.01. The molecule has 0 fully saturated rings. The molecule has 0 aliphatic carbocycles. The minimum atomic E-state index is -0.779. The van der Waals surface area contributed by atoms with Gasteiger partial charge in [0.2, 0.25) is 4.77 Å². The number of H-pyrrole nitrogens is 1. The molecule has 0 aliphatic rings. The van der Waals surface area contributed by atoms with Crippen molar-refractivity contribution in [1.29, 1.82) is 0 Å². The monoisotopic (exact) mass is 294 g/mol. The third kappa shape index (κ3) is 3.89. The molecule has 2 rings (SSSR count). The number of nitrogens with one attached hydrogen (secondary N) is 1. The first-order valence-electron chi connectivity index (χ1n) is 6.12. The molecular weight excluding hydrogens is 280 g/mol. The quantitative estimate of drug-likeness (QED) is 0.599. The molecule has 0 bridgehead atoms. The molecule has 0 amide bonds. The molecule has 0 aliphatic heterocycles. The van der Waals surface area contributed by atoms with Crippen molar-refractivity contribution in [2.24, 2.45) is 0 Å². The maximum Gasteiger partial charge on any atom is 0.303 e. The molecule has 106 valence electrons. The topological polar surface area (TPSA) is 93.0 Å². The fourth-order valence-electron chi connectivity index (χ4n) is 1.62. The largest absolute Gasteiger partial charge is 0.494 e. The van der Waals surface area contributed by atoms with Crippen LogP contribution < -0.4 is 4.74 Å². The first kappa shape index (κ1) is 14.2. The Balaban J connectivity index is 1.85. The van der Waals surface area contributed by atoms with Crippen molar-refractivity contribution in [3.05, 3.63) is 29.0 Å². The van der Waals surface area contributed by atoms with Gasteiger partial charge >= 0.3 is 5.97 Å². The summed E-state index contributed by atoms with van der Waals surface area (Å²) in [5, 5.41) is 18.5. The molecule has 0 unspecified atom stereocenters. The van der Waals surface area contributed by atoms with Gasteiger partial charge in [0.1, 0.15) is 5.75 Å². The van der Waals surface area contributed by atoms with Gasteiger partial charge in [0.05, 0.1) is 12.3 Å². The summed E-state index contributed by atoms with van der Waals surface area (Å²) < 4.78 is 7.45. The minimum absolute atomic E-state index is 0.173. The van der Waals surface area contributed by atoms with Gasteiger partial charge in [-0.2, -0.15) is 4.68 Å². The molecule has 0 saturated heterocycles. The second-order valence-corrected chi connectivity index (χ2v) is 4.50. The van der Waals surface area contributed by atoms with Crippen LogP contribution >= 0.6 is 12.2 Å². The smallest absolute Gasteiger partial charge is 0.303 e. The molecule has 0 radical (unpaired) electrons. The Kier molecular flexibility index (Phi) is 4.83. The number of rotatable bonds is 7. The summed E-state index contributed by atoms with van der Waals surface area (Å²) in [6, 6.07) is 7.27. The maximum atomic E-state index is 10.3. The molecule has 1 heterocycles. The van der Waals surface area contributed by atoms with Crippen LogP contribution in [-0.4, -0.2) is 37.9 Å². The molecule has 8 heteroatoms. The van der Waals surface area contributed by atoms with Crippen molar-refractivity contribution in [3.8, 4) is 11.4 Å². The van der Waals surface area contributed by atoms with E-state index < -0.39 is 5.97 Å². The van der Waals surface area contributed by atoms with Crippen LogP contribution in [0.25, 0.3) is 5.69 Å². The van der Waals surface area contributed by atoms with E-state index in [1.165, 1.54) is 4.68 Å². The van der Waals surface area contributed by atoms with Crippen molar-refractivity contribution in [2.45, 2.75) is 19.3 Å². The van der Waals surface area contributed by atoms with E-state index in [0.29, 0.717) is 24.2 Å². The Bertz CT molecular complexity index is 620. The van der Waals surface area contributed by atoms with E-state index in [4.69, 9.17) is 22.1 Å². The SMILES string of the molecule is O=C(O)CCCCOc1ccc(-n2nn[nH]c2=S)cc1. The van der Waals surface area contributed by atoms with E-state index in [9.17, 15) is 4.79 Å². The number of nitrogens with zero attached hydrogens (tertiary/aromatic N) is 3. The van der Waals surface area contributed by atoms with E-state index >= 15 is 0 Å². The molecular formula is C12H14N4O3S. The summed E-state index contributed by atoms with van der Waals surface area (Å²) in [6.07, 6.45) is 1.50. The molecule has 1 aromatic heterocycles. The lowest BCUT2D eigenvalue weighted by Crippen LogP contribution is -2.01. The van der Waals surface area contributed by atoms with Gasteiger partial charge in [0.25, 0.3) is 0 Å². The number of aromatic nitrogens is 4. The second-order valence-electron chi connectivity index (χ2n) is 4.11. The van der Waals surface area contributed by atoms with Gasteiger partial charge in [0, 0.05) is 6.42 Å². The van der Waals surface area contributed by atoms with Crippen LogP contribution in [0.5, 0.6) is 5.75 Å². The normalized spacial score (nSPS) is 10.4. The highest BCUT2D eigenvalue weighted by atomic mass is 32.1. The van der Waals surface area contributed by atoms with Crippen LogP contribution in [-0.2, 0) is 4.79 Å². The third-order valence-corrected chi connectivity index (χ3v) is 2.87. The Morgan fingerprint density at radius 1 is 1.35 bits per heavy atom. The molecule has 0 atom stereocenters. The van der Waals surface area contributed by atoms with Crippen molar-refractivity contribution in [2.75, 3.05) is 6.61 Å². The lowest BCUT2D eigenvalue weighted by Gasteiger charge is -2.06. The first-order chi connectivity index (χ1) is 9.66. The minimum Gasteiger partial charge on any atom is -0.494 e. The number of carbonyl (C=O) groups is 1. The number of aromatic amines is 1. The number of ether oxygens (including phenoxy) is 1. The van der Waals surface area contributed by atoms with Crippen LogP contribution in [0.1, 0.15) is 19.3 Å². The number of hydrogen-bond donors (Lipinski definition) is 2. The average molecular weight is 294 g/mol. The highest BCUT2D eigenvalue weighted by molar-refractivity contribution is 7.71. The van der Waals surface area contributed by atoms with Crippen molar-refractivity contribution in [1.82, 2.24) is 20.2 Å². The van der Waals surface area contributed by atoms with E-state index in [2.05, 4.69) is 15.5 Å². The third-order valence-electron chi connectivity index (χ3n) is 2.61. The van der Waals surface area contributed by atoms with Gasteiger partial charge in [0.15, 0.2) is 0 Å². The number of carboxylic acids is 1. The van der Waals surface area contributed by atoms with Gasteiger partial charge in [-0.05, 0) is 59.8 Å². The van der Waals surface area contributed by atoms with Gasteiger partial charge in [-0.1, -0.05) is 0 Å². The van der Waals surface area contributed by atoms with E-state index in [0.717, 1.165) is 11.4 Å². The fourth-order valence-corrected chi connectivity index (χ4v) is 1.80. The Hall–Kier alpha value is -2.22. The lowest BCUT2D eigenvalue weighted by molar-refractivity contribution is -0.137. The number of aliphatic carboxylic acids is 1. The standard InChI is InChI=1S/C12H14N4O3S/c17-11(18)3-1-2-8-19-10-6-4-9(5-7-10)16-12(20)13-14-15-16/h4-7H,1-3,8H2,(H,17,18)(H,13,15,20). The zero-order chi connectivity index (χ0) is 14.4. The Labute approximate surface area is 120 Å². The van der Waals surface area contributed by atoms with Crippen LogP contribution in [0.15, 0.2) is 24.3 Å². The van der Waals surface area contributed by atoms with Crippen molar-refractivity contribution >= 4 is 18.2 Å². The summed E-state index contributed by atoms with van der Waals surface area (Å²) in [4.78, 5) is 10.3. The molecule has 7 nitrogen and oxygen atoms in total. The summed E-state index contributed by atoms with van der Waals surface area (Å²) in [7, 11) is 0. The maximum absolute atomic E-state index is 10.3. The van der Waals surface area contributed by atoms with Crippen molar-refractivity contribution < 1.29 is 14.6 Å². The number of hydrogen-bond acceptors (Lipinski definition) is 5. The fraction of sp³-hybridized carbons (Fsp3) is 0.333. The van der Waals surface area contributed by atoms with Crippen LogP contribution in [0.3, 0.4) is 0 Å². The van der Waals surface area contributed by atoms with Gasteiger partial charge in [-0.15, -0.1) is 0 Å². The van der Waals surface area contributed by atoms with E-state index in [1.54, 1.807) is 0 Å². The first-order valence-corrected chi connectivity index (χ1v) is 6.53. The number of tetrazole rings is 1. The van der Waals surface area contributed by atoms with Crippen LogP contribution in [0.2, 0.25) is 0 Å². The number of benzene rings is 1. The summed E-state index contributed by atoms with van der Waals surface area (Å²) in [6.45, 7) is 0.496. The molecule has 0 spiro atoms. The molecule has 2 N–H and O–H groups in total. The predicted molar refractivity (Wildman–Crippen MR) is 73.5 cm³/mol. The van der Waals surface area contributed by atoms with E-state index in [1.807, 2.05) is 24.3 Å². The summed E-state index contributed by atoms with van der Waals surface area (Å²) >= 11 is 5.02. The average Bonchev–Trinajstić information content (AvgIpc) is 2.85. The Morgan fingerprint density at radius 3 is 2.70 bits per heavy atom. The van der Waals surface area contributed by atoms with Gasteiger partial charge in [-0.3, -0.25) is 4.79 Å². The number of carboxylic acid groups (broad SMARTS) is 1. The van der Waals surface area contributed by atoms with E-state index in [-0.39, 0.29) is 6.42 Å². The highest BCUT2D eigenvalue weighted by Crippen LogP contribution is 2.15. The Morgan fingerprint density at radius 2 is 2.10 bits per heavy atom. The zero-order valence-electron chi connectivity index (χ0n) is 10.7.